The van der Waals surface area contributed by atoms with E-state index >= 15 is 0 Å². The molecule has 0 atom stereocenters. The number of nitrogens with one attached hydrogen (secondary N) is 1. The Morgan fingerprint density at radius 1 is 1.24 bits per heavy atom. The zero-order valence-corrected chi connectivity index (χ0v) is 14.6. The van der Waals surface area contributed by atoms with Gasteiger partial charge in [0.2, 0.25) is 5.89 Å². The first-order chi connectivity index (χ1) is 12.1. The van der Waals surface area contributed by atoms with E-state index in [9.17, 15) is 4.79 Å². The highest BCUT2D eigenvalue weighted by Crippen LogP contribution is 2.36. The van der Waals surface area contributed by atoms with Crippen LogP contribution < -0.4 is 5.32 Å². The van der Waals surface area contributed by atoms with Crippen molar-refractivity contribution in [1.29, 1.82) is 0 Å². The van der Waals surface area contributed by atoms with Crippen molar-refractivity contribution in [3.05, 3.63) is 46.8 Å². The maximum atomic E-state index is 12.8. The molecular formula is C18H18ClN3O3. The van der Waals surface area contributed by atoms with Crippen LogP contribution in [0.4, 0.5) is 0 Å². The van der Waals surface area contributed by atoms with Gasteiger partial charge in [-0.2, -0.15) is 4.98 Å². The zero-order valence-electron chi connectivity index (χ0n) is 13.8. The molecule has 4 rings (SSSR count). The minimum atomic E-state index is -0.607. The number of furan rings is 1. The Morgan fingerprint density at radius 3 is 2.76 bits per heavy atom. The van der Waals surface area contributed by atoms with E-state index in [4.69, 9.17) is 20.5 Å². The second-order valence-electron chi connectivity index (χ2n) is 6.53. The SMILES string of the molecule is Cc1nc(C2(NC(=O)c3cc4cc(Cl)ccc4o3)CCCCC2)no1. The fourth-order valence-electron chi connectivity index (χ4n) is 3.46. The number of aromatic nitrogens is 2. The molecule has 0 bridgehead atoms. The van der Waals surface area contributed by atoms with Crippen LogP contribution in [0.2, 0.25) is 5.02 Å². The maximum Gasteiger partial charge on any atom is 0.287 e. The third kappa shape index (κ3) is 3.02. The second-order valence-corrected chi connectivity index (χ2v) is 6.96. The lowest BCUT2D eigenvalue weighted by Crippen LogP contribution is -2.48. The summed E-state index contributed by atoms with van der Waals surface area (Å²) in [5.41, 5.74) is 0.0200. The van der Waals surface area contributed by atoms with Crippen LogP contribution in [0.15, 0.2) is 33.2 Å². The number of carbonyl (C=O) groups excluding carboxylic acids is 1. The highest BCUT2D eigenvalue weighted by atomic mass is 35.5. The second kappa shape index (κ2) is 6.19. The molecule has 0 unspecified atom stereocenters. The molecular weight excluding hydrogens is 342 g/mol. The minimum Gasteiger partial charge on any atom is -0.451 e. The molecule has 25 heavy (non-hydrogen) atoms. The highest BCUT2D eigenvalue weighted by Gasteiger charge is 2.40. The third-order valence-electron chi connectivity index (χ3n) is 4.72. The number of amides is 1. The predicted molar refractivity (Wildman–Crippen MR) is 92.5 cm³/mol. The standard InChI is InChI=1S/C18H18ClN3O3/c1-11-20-17(22-25-11)18(7-3-2-4-8-18)21-16(23)15-10-12-9-13(19)5-6-14(12)24-15/h5-6,9-10H,2-4,7-8H2,1H3,(H,21,23). The van der Waals surface area contributed by atoms with Crippen molar-refractivity contribution in [1.82, 2.24) is 15.5 Å². The number of carbonyl (C=O) groups is 1. The number of aryl methyl sites for hydroxylation is 1. The summed E-state index contributed by atoms with van der Waals surface area (Å²) in [5, 5.41) is 8.57. The van der Waals surface area contributed by atoms with E-state index in [1.165, 1.54) is 0 Å². The van der Waals surface area contributed by atoms with Crippen molar-refractivity contribution in [2.45, 2.75) is 44.6 Å². The number of rotatable bonds is 3. The first-order valence-corrected chi connectivity index (χ1v) is 8.76. The van der Waals surface area contributed by atoms with Gasteiger partial charge >= 0.3 is 0 Å². The minimum absolute atomic E-state index is 0.252. The highest BCUT2D eigenvalue weighted by molar-refractivity contribution is 6.31. The van der Waals surface area contributed by atoms with Crippen molar-refractivity contribution in [2.75, 3.05) is 0 Å². The fraction of sp³-hybridized carbons (Fsp3) is 0.389. The molecule has 130 valence electrons. The summed E-state index contributed by atoms with van der Waals surface area (Å²) < 4.78 is 10.8. The van der Waals surface area contributed by atoms with Crippen LogP contribution in [-0.2, 0) is 5.54 Å². The molecule has 0 radical (unpaired) electrons. The van der Waals surface area contributed by atoms with Gasteiger partial charge < -0.3 is 14.3 Å². The summed E-state index contributed by atoms with van der Waals surface area (Å²) in [6.07, 6.45) is 4.71. The van der Waals surface area contributed by atoms with E-state index in [2.05, 4.69) is 15.5 Å². The van der Waals surface area contributed by atoms with Gasteiger partial charge in [0.15, 0.2) is 11.6 Å². The van der Waals surface area contributed by atoms with Gasteiger partial charge in [-0.1, -0.05) is 36.0 Å². The molecule has 1 fully saturated rings. The average Bonchev–Trinajstić information content (AvgIpc) is 3.22. The molecule has 1 amide bonds. The van der Waals surface area contributed by atoms with Crippen LogP contribution in [0.25, 0.3) is 11.0 Å². The number of benzene rings is 1. The molecule has 3 aromatic rings. The molecule has 0 saturated heterocycles. The number of hydrogen-bond donors (Lipinski definition) is 1. The number of halogens is 1. The van der Waals surface area contributed by atoms with Crippen molar-refractivity contribution in [3.63, 3.8) is 0 Å². The smallest absolute Gasteiger partial charge is 0.287 e. The van der Waals surface area contributed by atoms with E-state index in [1.807, 2.05) is 0 Å². The molecule has 1 aliphatic rings. The van der Waals surface area contributed by atoms with Gasteiger partial charge in [0.1, 0.15) is 11.1 Å². The molecule has 0 spiro atoms. The molecule has 2 aromatic heterocycles. The van der Waals surface area contributed by atoms with Crippen LogP contribution >= 0.6 is 11.6 Å². The molecule has 1 aromatic carbocycles. The summed E-state index contributed by atoms with van der Waals surface area (Å²) >= 11 is 6.00. The van der Waals surface area contributed by atoms with Crippen molar-refractivity contribution in [3.8, 4) is 0 Å². The lowest BCUT2D eigenvalue weighted by atomic mass is 9.81. The third-order valence-corrected chi connectivity index (χ3v) is 4.95. The fourth-order valence-corrected chi connectivity index (χ4v) is 3.64. The van der Waals surface area contributed by atoms with E-state index in [1.54, 1.807) is 31.2 Å². The first kappa shape index (κ1) is 16.1. The van der Waals surface area contributed by atoms with Crippen LogP contribution in [0.3, 0.4) is 0 Å². The average molecular weight is 360 g/mol. The van der Waals surface area contributed by atoms with Crippen molar-refractivity contribution in [2.24, 2.45) is 0 Å². The van der Waals surface area contributed by atoms with Gasteiger partial charge in [-0.3, -0.25) is 4.79 Å². The molecule has 6 nitrogen and oxygen atoms in total. The van der Waals surface area contributed by atoms with Gasteiger partial charge in [-0.15, -0.1) is 0 Å². The van der Waals surface area contributed by atoms with E-state index in [-0.39, 0.29) is 11.7 Å². The lowest BCUT2D eigenvalue weighted by Gasteiger charge is -2.34. The molecule has 7 heteroatoms. The van der Waals surface area contributed by atoms with Crippen molar-refractivity contribution >= 4 is 28.5 Å². The molecule has 0 aliphatic heterocycles. The monoisotopic (exact) mass is 359 g/mol. The van der Waals surface area contributed by atoms with E-state index in [0.29, 0.717) is 22.3 Å². The first-order valence-electron chi connectivity index (χ1n) is 8.38. The number of fused-ring (bicyclic) bond motifs is 1. The van der Waals surface area contributed by atoms with Gasteiger partial charge in [0, 0.05) is 17.3 Å². The Bertz CT molecular complexity index is 925. The molecule has 2 heterocycles. The van der Waals surface area contributed by atoms with E-state index < -0.39 is 5.54 Å². The molecule has 1 N–H and O–H groups in total. The summed E-state index contributed by atoms with van der Waals surface area (Å²) in [7, 11) is 0. The van der Waals surface area contributed by atoms with E-state index in [0.717, 1.165) is 37.5 Å². The maximum absolute atomic E-state index is 12.8. The van der Waals surface area contributed by atoms with Crippen LogP contribution in [-0.4, -0.2) is 16.0 Å². The number of hydrogen-bond acceptors (Lipinski definition) is 5. The van der Waals surface area contributed by atoms with Gasteiger partial charge in [0.25, 0.3) is 5.91 Å². The Balaban J connectivity index is 1.65. The van der Waals surface area contributed by atoms with Crippen LogP contribution in [0.1, 0.15) is 54.4 Å². The molecule has 1 saturated carbocycles. The normalized spacial score (nSPS) is 16.9. The number of nitrogens with zero attached hydrogens (tertiary/aromatic N) is 2. The predicted octanol–water partition coefficient (Wildman–Crippen LogP) is 4.37. The van der Waals surface area contributed by atoms with Gasteiger partial charge in [-0.05, 0) is 37.1 Å². The Hall–Kier alpha value is -2.34. The lowest BCUT2D eigenvalue weighted by molar-refractivity contribution is 0.0829. The summed E-state index contributed by atoms with van der Waals surface area (Å²) in [6, 6.07) is 6.97. The Morgan fingerprint density at radius 2 is 2.04 bits per heavy atom. The van der Waals surface area contributed by atoms with Crippen LogP contribution in [0, 0.1) is 6.92 Å². The van der Waals surface area contributed by atoms with Gasteiger partial charge in [0.05, 0.1) is 0 Å². The zero-order chi connectivity index (χ0) is 17.4. The largest absolute Gasteiger partial charge is 0.451 e. The topological polar surface area (TPSA) is 81.2 Å². The van der Waals surface area contributed by atoms with Gasteiger partial charge in [-0.25, -0.2) is 0 Å². The summed E-state index contributed by atoms with van der Waals surface area (Å²) in [5.74, 6) is 1.00. The Labute approximate surface area is 149 Å². The van der Waals surface area contributed by atoms with Crippen LogP contribution in [0.5, 0.6) is 0 Å². The molecule has 1 aliphatic carbocycles. The summed E-state index contributed by atoms with van der Waals surface area (Å²) in [4.78, 5) is 17.2. The Kier molecular flexibility index (Phi) is 4.00. The summed E-state index contributed by atoms with van der Waals surface area (Å²) in [6.45, 7) is 1.75. The van der Waals surface area contributed by atoms with Crippen molar-refractivity contribution < 1.29 is 13.7 Å². The quantitative estimate of drug-likeness (QED) is 0.751.